The molecule has 1 aliphatic rings. The van der Waals surface area contributed by atoms with Crippen LogP contribution in [-0.2, 0) is 10.0 Å². The number of carbonyl (C=O) groups excluding carboxylic acids is 1. The molecule has 3 rings (SSSR count). The second-order valence-electron chi connectivity index (χ2n) is 8.13. The summed E-state index contributed by atoms with van der Waals surface area (Å²) in [6, 6.07) is 13.2. The summed E-state index contributed by atoms with van der Waals surface area (Å²) in [5.74, 6) is 0.621. The van der Waals surface area contributed by atoms with Gasteiger partial charge in [-0.25, -0.2) is 8.42 Å². The van der Waals surface area contributed by atoms with Crippen molar-refractivity contribution in [3.05, 3.63) is 59.7 Å². The normalized spacial score (nSPS) is 15.7. The number of nitrogens with one attached hydrogen (secondary N) is 2. The summed E-state index contributed by atoms with van der Waals surface area (Å²) in [6.07, 6.45) is 3.40. The van der Waals surface area contributed by atoms with Crippen molar-refractivity contribution < 1.29 is 13.2 Å². The van der Waals surface area contributed by atoms with Crippen LogP contribution >= 0.6 is 0 Å². The first-order chi connectivity index (χ1) is 14.3. The zero-order valence-electron chi connectivity index (χ0n) is 17.7. The summed E-state index contributed by atoms with van der Waals surface area (Å²) in [6.45, 7) is 8.07. The van der Waals surface area contributed by atoms with E-state index in [4.69, 9.17) is 0 Å². The Hall–Kier alpha value is -2.38. The third-order valence-corrected chi connectivity index (χ3v) is 6.92. The highest BCUT2D eigenvalue weighted by molar-refractivity contribution is 7.92. The molecular weight excluding hydrogens is 398 g/mol. The van der Waals surface area contributed by atoms with Crippen LogP contribution in [0.5, 0.6) is 0 Å². The standard InChI is InChI=1S/C23H31N3O3S/c1-18-7-9-22(10-8-18)30(28,29)25-21-6-3-5-20(17-21)23(27)24-13-4-14-26-15-11-19(2)12-16-26/h3,5-10,17,19,25H,4,11-16H2,1-2H3,(H,24,27). The van der Waals surface area contributed by atoms with Gasteiger partial charge in [0.05, 0.1) is 4.90 Å². The fraction of sp³-hybridized carbons (Fsp3) is 0.435. The van der Waals surface area contributed by atoms with E-state index in [-0.39, 0.29) is 10.8 Å². The van der Waals surface area contributed by atoms with Crippen LogP contribution in [0.3, 0.4) is 0 Å². The maximum Gasteiger partial charge on any atom is 0.261 e. The van der Waals surface area contributed by atoms with E-state index in [2.05, 4.69) is 21.9 Å². The van der Waals surface area contributed by atoms with E-state index in [1.54, 1.807) is 48.5 Å². The highest BCUT2D eigenvalue weighted by atomic mass is 32.2. The zero-order chi connectivity index (χ0) is 21.6. The molecule has 30 heavy (non-hydrogen) atoms. The van der Waals surface area contributed by atoms with Crippen molar-refractivity contribution in [3.63, 3.8) is 0 Å². The van der Waals surface area contributed by atoms with Crippen LogP contribution < -0.4 is 10.0 Å². The first-order valence-corrected chi connectivity index (χ1v) is 12.0. The number of benzene rings is 2. The van der Waals surface area contributed by atoms with Crippen molar-refractivity contribution in [3.8, 4) is 0 Å². The molecule has 1 amide bonds. The second-order valence-corrected chi connectivity index (χ2v) is 9.82. The van der Waals surface area contributed by atoms with Crippen molar-refractivity contribution in [2.24, 2.45) is 5.92 Å². The van der Waals surface area contributed by atoms with Crippen molar-refractivity contribution in [2.45, 2.75) is 38.0 Å². The van der Waals surface area contributed by atoms with Crippen LogP contribution in [0.1, 0.15) is 42.1 Å². The molecule has 6 nitrogen and oxygen atoms in total. The molecular formula is C23H31N3O3S. The molecule has 2 N–H and O–H groups in total. The lowest BCUT2D eigenvalue weighted by atomic mass is 9.99. The molecule has 0 saturated carbocycles. The van der Waals surface area contributed by atoms with E-state index >= 15 is 0 Å². The molecule has 0 unspecified atom stereocenters. The molecule has 162 valence electrons. The maximum absolute atomic E-state index is 12.6. The van der Waals surface area contributed by atoms with Gasteiger partial charge in [-0.1, -0.05) is 30.7 Å². The number of sulfonamides is 1. The molecule has 0 atom stereocenters. The Bertz CT molecular complexity index is 950. The molecule has 1 saturated heterocycles. The lowest BCUT2D eigenvalue weighted by Gasteiger charge is -2.30. The molecule has 0 aromatic heterocycles. The monoisotopic (exact) mass is 429 g/mol. The van der Waals surface area contributed by atoms with Crippen LogP contribution in [0.25, 0.3) is 0 Å². The summed E-state index contributed by atoms with van der Waals surface area (Å²) in [5.41, 5.74) is 1.79. The number of likely N-dealkylation sites (tertiary alicyclic amines) is 1. The van der Waals surface area contributed by atoms with Crippen LogP contribution in [0.4, 0.5) is 5.69 Å². The van der Waals surface area contributed by atoms with Gasteiger partial charge in [0.2, 0.25) is 0 Å². The molecule has 2 aromatic rings. The summed E-state index contributed by atoms with van der Waals surface area (Å²) in [5, 5.41) is 2.93. The number of amides is 1. The largest absolute Gasteiger partial charge is 0.352 e. The third kappa shape index (κ3) is 6.31. The van der Waals surface area contributed by atoms with E-state index in [0.29, 0.717) is 17.8 Å². The van der Waals surface area contributed by atoms with E-state index < -0.39 is 10.0 Å². The summed E-state index contributed by atoms with van der Waals surface area (Å²) in [4.78, 5) is 15.1. The minimum absolute atomic E-state index is 0.190. The fourth-order valence-electron chi connectivity index (χ4n) is 3.55. The second kappa shape index (κ2) is 10.1. The average molecular weight is 430 g/mol. The van der Waals surface area contributed by atoms with Gasteiger partial charge in [-0.3, -0.25) is 9.52 Å². The van der Waals surface area contributed by atoms with Crippen molar-refractivity contribution in [1.82, 2.24) is 10.2 Å². The van der Waals surface area contributed by atoms with Crippen LogP contribution in [0.15, 0.2) is 53.4 Å². The third-order valence-electron chi connectivity index (χ3n) is 5.52. The molecule has 0 aliphatic carbocycles. The lowest BCUT2D eigenvalue weighted by Crippen LogP contribution is -2.35. The van der Waals surface area contributed by atoms with Gasteiger partial charge in [-0.15, -0.1) is 0 Å². The minimum atomic E-state index is -3.70. The van der Waals surface area contributed by atoms with Gasteiger partial charge < -0.3 is 10.2 Å². The number of carbonyl (C=O) groups is 1. The number of rotatable bonds is 8. The summed E-state index contributed by atoms with van der Waals surface area (Å²) < 4.78 is 27.7. The van der Waals surface area contributed by atoms with Crippen molar-refractivity contribution in [1.29, 1.82) is 0 Å². The van der Waals surface area contributed by atoms with E-state index in [0.717, 1.165) is 37.5 Å². The van der Waals surface area contributed by atoms with Crippen molar-refractivity contribution >= 4 is 21.6 Å². The molecule has 0 bridgehead atoms. The Balaban J connectivity index is 1.51. The Labute approximate surface area is 179 Å². The van der Waals surface area contributed by atoms with Crippen LogP contribution in [0.2, 0.25) is 0 Å². The quantitative estimate of drug-likeness (QED) is 0.628. The first-order valence-electron chi connectivity index (χ1n) is 10.5. The Morgan fingerprint density at radius 3 is 2.50 bits per heavy atom. The lowest BCUT2D eigenvalue weighted by molar-refractivity contribution is 0.0950. The number of piperidine rings is 1. The Kier molecular flexibility index (Phi) is 7.50. The Morgan fingerprint density at radius 1 is 1.10 bits per heavy atom. The molecule has 0 spiro atoms. The Morgan fingerprint density at radius 2 is 1.80 bits per heavy atom. The molecule has 1 aliphatic heterocycles. The van der Waals surface area contributed by atoms with Gasteiger partial charge >= 0.3 is 0 Å². The van der Waals surface area contributed by atoms with Crippen LogP contribution in [-0.4, -0.2) is 45.4 Å². The van der Waals surface area contributed by atoms with Crippen LogP contribution in [0, 0.1) is 12.8 Å². The number of aryl methyl sites for hydroxylation is 1. The van der Waals surface area contributed by atoms with Gasteiger partial charge in [0.15, 0.2) is 0 Å². The molecule has 0 radical (unpaired) electrons. The first kappa shape index (κ1) is 22.3. The smallest absolute Gasteiger partial charge is 0.261 e. The molecule has 7 heteroatoms. The maximum atomic E-state index is 12.6. The summed E-state index contributed by atoms with van der Waals surface area (Å²) in [7, 11) is -3.70. The molecule has 1 fully saturated rings. The topological polar surface area (TPSA) is 78.5 Å². The molecule has 1 heterocycles. The summed E-state index contributed by atoms with van der Waals surface area (Å²) >= 11 is 0. The number of anilines is 1. The predicted molar refractivity (Wildman–Crippen MR) is 120 cm³/mol. The highest BCUT2D eigenvalue weighted by Gasteiger charge is 2.16. The van der Waals surface area contributed by atoms with Crippen molar-refractivity contribution in [2.75, 3.05) is 30.9 Å². The zero-order valence-corrected chi connectivity index (χ0v) is 18.5. The number of hydrogen-bond donors (Lipinski definition) is 2. The van der Waals surface area contributed by atoms with E-state index in [1.807, 2.05) is 6.92 Å². The van der Waals surface area contributed by atoms with E-state index in [9.17, 15) is 13.2 Å². The number of hydrogen-bond acceptors (Lipinski definition) is 4. The van der Waals surface area contributed by atoms with Gasteiger partial charge in [0.25, 0.3) is 15.9 Å². The van der Waals surface area contributed by atoms with E-state index in [1.165, 1.54) is 12.8 Å². The SMILES string of the molecule is Cc1ccc(S(=O)(=O)Nc2cccc(C(=O)NCCCN3CCC(C)CC3)c2)cc1. The minimum Gasteiger partial charge on any atom is -0.352 e. The highest BCUT2D eigenvalue weighted by Crippen LogP contribution is 2.18. The van der Waals surface area contributed by atoms with Gasteiger partial charge in [-0.05, 0) is 82.1 Å². The van der Waals surface area contributed by atoms with Gasteiger partial charge in [-0.2, -0.15) is 0 Å². The molecule has 2 aromatic carbocycles. The number of nitrogens with zero attached hydrogens (tertiary/aromatic N) is 1. The fourth-order valence-corrected chi connectivity index (χ4v) is 4.60. The predicted octanol–water partition coefficient (Wildman–Crippen LogP) is 3.65. The average Bonchev–Trinajstić information content (AvgIpc) is 2.72. The van der Waals surface area contributed by atoms with Gasteiger partial charge in [0.1, 0.15) is 0 Å². The van der Waals surface area contributed by atoms with Gasteiger partial charge in [0, 0.05) is 17.8 Å².